The van der Waals surface area contributed by atoms with Crippen LogP contribution in [0.1, 0.15) is 37.8 Å². The van der Waals surface area contributed by atoms with Gasteiger partial charge in [-0.15, -0.1) is 11.3 Å². The van der Waals surface area contributed by atoms with Crippen LogP contribution < -0.4 is 5.32 Å². The van der Waals surface area contributed by atoms with Gasteiger partial charge in [0, 0.05) is 28.1 Å². The molecule has 0 aliphatic rings. The molecule has 2 rings (SSSR count). The van der Waals surface area contributed by atoms with Crippen molar-refractivity contribution in [2.45, 2.75) is 46.2 Å². The highest BCUT2D eigenvalue weighted by Gasteiger charge is 2.14. The van der Waals surface area contributed by atoms with E-state index in [1.54, 1.807) is 11.3 Å². The average Bonchev–Trinajstić information content (AvgIpc) is 2.80. The number of pyridine rings is 1. The Hall–Kier alpha value is -0.780. The number of halogens is 1. The van der Waals surface area contributed by atoms with E-state index in [2.05, 4.69) is 47.0 Å². The number of nitrogens with one attached hydrogen (secondary N) is 1. The molecule has 0 amide bonds. The topological polar surface area (TPSA) is 37.8 Å². The van der Waals surface area contributed by atoms with E-state index < -0.39 is 0 Å². The van der Waals surface area contributed by atoms with Crippen LogP contribution in [0.25, 0.3) is 10.7 Å². The van der Waals surface area contributed by atoms with Crippen LogP contribution in [-0.4, -0.2) is 16.0 Å². The first-order chi connectivity index (χ1) is 9.61. The maximum absolute atomic E-state index is 4.79. The van der Waals surface area contributed by atoms with Gasteiger partial charge in [-0.05, 0) is 34.5 Å². The number of rotatable bonds is 6. The van der Waals surface area contributed by atoms with Gasteiger partial charge in [-0.2, -0.15) is 0 Å². The lowest BCUT2D eigenvalue weighted by molar-refractivity contribution is 0.589. The summed E-state index contributed by atoms with van der Waals surface area (Å²) >= 11 is 5.30. The molecular weight excluding hydrogens is 334 g/mol. The Balaban J connectivity index is 2.31. The number of aryl methyl sites for hydroxylation is 1. The molecular formula is C15H20BrN3S. The van der Waals surface area contributed by atoms with Gasteiger partial charge >= 0.3 is 0 Å². The van der Waals surface area contributed by atoms with Crippen molar-refractivity contribution in [3.8, 4) is 10.7 Å². The molecule has 0 atom stereocenters. The second-order valence-corrected chi connectivity index (χ2v) is 6.95. The lowest BCUT2D eigenvalue weighted by Crippen LogP contribution is -2.21. The summed E-state index contributed by atoms with van der Waals surface area (Å²) < 4.78 is 1.00. The van der Waals surface area contributed by atoms with Crippen LogP contribution >= 0.6 is 27.3 Å². The molecule has 0 spiro atoms. The molecule has 0 fully saturated rings. The summed E-state index contributed by atoms with van der Waals surface area (Å²) in [5, 5.41) is 4.48. The number of thiazole rings is 1. The first kappa shape index (κ1) is 15.6. The Morgan fingerprint density at radius 1 is 1.40 bits per heavy atom. The molecule has 0 bridgehead atoms. The summed E-state index contributed by atoms with van der Waals surface area (Å²) in [5.41, 5.74) is 2.14. The molecule has 108 valence electrons. The van der Waals surface area contributed by atoms with Crippen LogP contribution in [0.3, 0.4) is 0 Å². The molecule has 0 aliphatic carbocycles. The number of hydrogen-bond acceptors (Lipinski definition) is 4. The predicted molar refractivity (Wildman–Crippen MR) is 89.0 cm³/mol. The molecule has 0 saturated heterocycles. The van der Waals surface area contributed by atoms with Gasteiger partial charge in [0.25, 0.3) is 0 Å². The molecule has 0 aliphatic heterocycles. The summed E-state index contributed by atoms with van der Waals surface area (Å²) in [6.07, 6.45) is 3.95. The lowest BCUT2D eigenvalue weighted by atomic mass is 10.2. The van der Waals surface area contributed by atoms with Crippen molar-refractivity contribution < 1.29 is 0 Å². The molecule has 3 nitrogen and oxygen atoms in total. The van der Waals surface area contributed by atoms with Gasteiger partial charge in [0.1, 0.15) is 10.7 Å². The Kier molecular flexibility index (Phi) is 5.69. The zero-order valence-corrected chi connectivity index (χ0v) is 14.5. The van der Waals surface area contributed by atoms with Crippen molar-refractivity contribution >= 4 is 27.3 Å². The van der Waals surface area contributed by atoms with E-state index in [1.807, 2.05) is 18.3 Å². The number of nitrogens with zero attached hydrogens (tertiary/aromatic N) is 2. The van der Waals surface area contributed by atoms with E-state index in [0.717, 1.165) is 34.6 Å². The van der Waals surface area contributed by atoms with Gasteiger partial charge in [-0.25, -0.2) is 4.98 Å². The van der Waals surface area contributed by atoms with Crippen molar-refractivity contribution in [3.63, 3.8) is 0 Å². The Labute approximate surface area is 133 Å². The van der Waals surface area contributed by atoms with Crippen molar-refractivity contribution in [2.75, 3.05) is 0 Å². The molecule has 2 aromatic rings. The summed E-state index contributed by atoms with van der Waals surface area (Å²) in [7, 11) is 0. The SMILES string of the molecule is CCCc1nc(-c2ncccc2Br)sc1CNC(C)C. The molecule has 0 unspecified atom stereocenters. The lowest BCUT2D eigenvalue weighted by Gasteiger charge is -2.07. The molecule has 5 heteroatoms. The highest BCUT2D eigenvalue weighted by Crippen LogP contribution is 2.32. The van der Waals surface area contributed by atoms with Gasteiger partial charge < -0.3 is 5.32 Å². The molecule has 0 saturated carbocycles. The maximum atomic E-state index is 4.79. The highest BCUT2D eigenvalue weighted by atomic mass is 79.9. The molecule has 1 N–H and O–H groups in total. The fraction of sp³-hybridized carbons (Fsp3) is 0.467. The summed E-state index contributed by atoms with van der Waals surface area (Å²) in [5.74, 6) is 0. The van der Waals surface area contributed by atoms with E-state index >= 15 is 0 Å². The van der Waals surface area contributed by atoms with Crippen LogP contribution in [0.4, 0.5) is 0 Å². The van der Waals surface area contributed by atoms with Gasteiger partial charge in [0.05, 0.1) is 5.69 Å². The summed E-state index contributed by atoms with van der Waals surface area (Å²) in [6, 6.07) is 4.42. The quantitative estimate of drug-likeness (QED) is 0.835. The zero-order chi connectivity index (χ0) is 14.5. The summed E-state index contributed by atoms with van der Waals surface area (Å²) in [4.78, 5) is 10.6. The minimum atomic E-state index is 0.483. The van der Waals surface area contributed by atoms with Gasteiger partial charge in [0.2, 0.25) is 0 Å². The fourth-order valence-electron chi connectivity index (χ4n) is 1.89. The van der Waals surface area contributed by atoms with Crippen LogP contribution in [-0.2, 0) is 13.0 Å². The molecule has 0 aromatic carbocycles. The van der Waals surface area contributed by atoms with Crippen molar-refractivity contribution in [2.24, 2.45) is 0 Å². The highest BCUT2D eigenvalue weighted by molar-refractivity contribution is 9.10. The van der Waals surface area contributed by atoms with Crippen molar-refractivity contribution in [3.05, 3.63) is 33.4 Å². The van der Waals surface area contributed by atoms with Crippen molar-refractivity contribution in [1.29, 1.82) is 0 Å². The largest absolute Gasteiger partial charge is 0.310 e. The molecule has 20 heavy (non-hydrogen) atoms. The van der Waals surface area contributed by atoms with E-state index in [1.165, 1.54) is 10.6 Å². The first-order valence-corrected chi connectivity index (χ1v) is 8.55. The smallest absolute Gasteiger partial charge is 0.143 e. The third-order valence-corrected chi connectivity index (χ3v) is 4.64. The monoisotopic (exact) mass is 353 g/mol. The minimum absolute atomic E-state index is 0.483. The Morgan fingerprint density at radius 3 is 2.85 bits per heavy atom. The van der Waals surface area contributed by atoms with Gasteiger partial charge in [-0.1, -0.05) is 27.2 Å². The number of aromatic nitrogens is 2. The molecule has 0 radical (unpaired) electrons. The van der Waals surface area contributed by atoms with Gasteiger partial charge in [0.15, 0.2) is 0 Å². The first-order valence-electron chi connectivity index (χ1n) is 6.94. The van der Waals surface area contributed by atoms with Gasteiger partial charge in [-0.3, -0.25) is 4.98 Å². The third kappa shape index (κ3) is 3.87. The third-order valence-electron chi connectivity index (χ3n) is 2.90. The molecule has 2 heterocycles. The van der Waals surface area contributed by atoms with E-state index in [-0.39, 0.29) is 0 Å². The zero-order valence-electron chi connectivity index (χ0n) is 12.1. The molecule has 2 aromatic heterocycles. The minimum Gasteiger partial charge on any atom is -0.310 e. The van der Waals surface area contributed by atoms with Crippen LogP contribution in [0.5, 0.6) is 0 Å². The predicted octanol–water partition coefficient (Wildman–Crippen LogP) is 4.42. The Morgan fingerprint density at radius 2 is 2.20 bits per heavy atom. The maximum Gasteiger partial charge on any atom is 0.143 e. The van der Waals surface area contributed by atoms with Crippen molar-refractivity contribution in [1.82, 2.24) is 15.3 Å². The fourth-order valence-corrected chi connectivity index (χ4v) is 3.54. The summed E-state index contributed by atoms with van der Waals surface area (Å²) in [6.45, 7) is 7.40. The van der Waals surface area contributed by atoms with Crippen LogP contribution in [0.15, 0.2) is 22.8 Å². The van der Waals surface area contributed by atoms with Crippen LogP contribution in [0.2, 0.25) is 0 Å². The van der Waals surface area contributed by atoms with E-state index in [4.69, 9.17) is 4.98 Å². The van der Waals surface area contributed by atoms with Crippen LogP contribution in [0, 0.1) is 0 Å². The Bertz CT molecular complexity index is 566. The number of hydrogen-bond donors (Lipinski definition) is 1. The normalized spacial score (nSPS) is 11.2. The second kappa shape index (κ2) is 7.29. The van der Waals surface area contributed by atoms with E-state index in [0.29, 0.717) is 6.04 Å². The standard InChI is InChI=1S/C15H20BrN3S/c1-4-6-12-13(9-18-10(2)3)20-15(19-12)14-11(16)7-5-8-17-14/h5,7-8,10,18H,4,6,9H2,1-3H3. The average molecular weight is 354 g/mol. The second-order valence-electron chi connectivity index (χ2n) is 5.01. The van der Waals surface area contributed by atoms with E-state index in [9.17, 15) is 0 Å².